The number of rotatable bonds is 10. The van der Waals surface area contributed by atoms with Crippen LogP contribution in [-0.2, 0) is 11.3 Å². The molecule has 0 saturated heterocycles. The van der Waals surface area contributed by atoms with Crippen molar-refractivity contribution in [3.8, 4) is 17.2 Å². The van der Waals surface area contributed by atoms with Crippen LogP contribution in [0, 0.1) is 13.8 Å². The van der Waals surface area contributed by atoms with E-state index in [2.05, 4.69) is 15.3 Å². The number of para-hydroxylation sites is 1. The summed E-state index contributed by atoms with van der Waals surface area (Å²) >= 11 is 0. The summed E-state index contributed by atoms with van der Waals surface area (Å²) in [5, 5.41) is 7.66. The molecule has 0 bridgehead atoms. The SMILES string of the molecule is CCOc1ccc(CN(CC)CC(=O)Nc2c(C)nn(-c3ccccc3)c2C)cc1OC. The van der Waals surface area contributed by atoms with Crippen molar-refractivity contribution in [3.05, 3.63) is 65.5 Å². The number of aromatic nitrogens is 2. The molecule has 0 saturated carbocycles. The van der Waals surface area contributed by atoms with Crippen LogP contribution in [0.15, 0.2) is 48.5 Å². The van der Waals surface area contributed by atoms with E-state index in [1.165, 1.54) is 0 Å². The second-order valence-corrected chi connectivity index (χ2v) is 7.56. The Balaban J connectivity index is 1.68. The van der Waals surface area contributed by atoms with Crippen LogP contribution < -0.4 is 14.8 Å². The molecular formula is C25H32N4O3. The van der Waals surface area contributed by atoms with Gasteiger partial charge in [0, 0.05) is 6.54 Å². The first-order valence-corrected chi connectivity index (χ1v) is 10.9. The molecule has 1 amide bonds. The lowest BCUT2D eigenvalue weighted by atomic mass is 10.2. The lowest BCUT2D eigenvalue weighted by molar-refractivity contribution is -0.117. The minimum absolute atomic E-state index is 0.0661. The Morgan fingerprint density at radius 1 is 1.09 bits per heavy atom. The largest absolute Gasteiger partial charge is 0.493 e. The van der Waals surface area contributed by atoms with Crippen LogP contribution in [0.25, 0.3) is 5.69 Å². The number of likely N-dealkylation sites (N-methyl/N-ethyl adjacent to an activating group) is 1. The standard InChI is InChI=1S/C25H32N4O3/c1-6-28(16-20-13-14-22(32-7-2)23(15-20)31-5)17-24(30)26-25-18(3)27-29(19(25)4)21-11-9-8-10-12-21/h8-15H,6-7,16-17H2,1-5H3,(H,26,30). The number of hydrogen-bond acceptors (Lipinski definition) is 5. The first-order chi connectivity index (χ1) is 15.5. The molecule has 0 unspecified atom stereocenters. The Morgan fingerprint density at radius 2 is 1.84 bits per heavy atom. The molecule has 0 aliphatic heterocycles. The highest BCUT2D eigenvalue weighted by Gasteiger charge is 2.17. The number of ether oxygens (including phenoxy) is 2. The van der Waals surface area contributed by atoms with Gasteiger partial charge in [-0.05, 0) is 57.1 Å². The van der Waals surface area contributed by atoms with Gasteiger partial charge in [0.25, 0.3) is 0 Å². The molecule has 0 fully saturated rings. The highest BCUT2D eigenvalue weighted by Crippen LogP contribution is 2.28. The van der Waals surface area contributed by atoms with Gasteiger partial charge in [0.05, 0.1) is 43.0 Å². The highest BCUT2D eigenvalue weighted by atomic mass is 16.5. The first-order valence-electron chi connectivity index (χ1n) is 10.9. The first kappa shape index (κ1) is 23.3. The summed E-state index contributed by atoms with van der Waals surface area (Å²) in [6, 6.07) is 15.8. The Hall–Kier alpha value is -3.32. The molecule has 3 rings (SSSR count). The van der Waals surface area contributed by atoms with Gasteiger partial charge in [-0.15, -0.1) is 0 Å². The summed E-state index contributed by atoms with van der Waals surface area (Å²) in [5.74, 6) is 1.36. The number of methoxy groups -OCH3 is 1. The second kappa shape index (κ2) is 10.8. The fourth-order valence-corrected chi connectivity index (χ4v) is 3.65. The van der Waals surface area contributed by atoms with Gasteiger partial charge in [-0.3, -0.25) is 9.69 Å². The van der Waals surface area contributed by atoms with Crippen molar-refractivity contribution in [2.24, 2.45) is 0 Å². The molecule has 0 aliphatic rings. The van der Waals surface area contributed by atoms with Gasteiger partial charge in [-0.2, -0.15) is 5.10 Å². The van der Waals surface area contributed by atoms with Crippen molar-refractivity contribution in [3.63, 3.8) is 0 Å². The van der Waals surface area contributed by atoms with E-state index in [4.69, 9.17) is 9.47 Å². The summed E-state index contributed by atoms with van der Waals surface area (Å²) in [5.41, 5.74) is 4.48. The molecule has 0 aliphatic carbocycles. The fourth-order valence-electron chi connectivity index (χ4n) is 3.65. The molecular weight excluding hydrogens is 404 g/mol. The number of carbonyl (C=O) groups is 1. The van der Waals surface area contributed by atoms with E-state index < -0.39 is 0 Å². The minimum atomic E-state index is -0.0661. The van der Waals surface area contributed by atoms with Crippen molar-refractivity contribution in [2.75, 3.05) is 32.1 Å². The minimum Gasteiger partial charge on any atom is -0.493 e. The van der Waals surface area contributed by atoms with E-state index in [0.717, 1.165) is 40.6 Å². The average Bonchev–Trinajstić information content (AvgIpc) is 3.08. The van der Waals surface area contributed by atoms with Gasteiger partial charge in [0.1, 0.15) is 0 Å². The molecule has 1 heterocycles. The molecule has 3 aromatic rings. The van der Waals surface area contributed by atoms with Crippen LogP contribution in [0.4, 0.5) is 5.69 Å². The van der Waals surface area contributed by atoms with E-state index in [-0.39, 0.29) is 12.5 Å². The maximum absolute atomic E-state index is 12.9. The molecule has 1 N–H and O–H groups in total. The van der Waals surface area contributed by atoms with E-state index in [9.17, 15) is 4.79 Å². The van der Waals surface area contributed by atoms with Crippen molar-refractivity contribution in [2.45, 2.75) is 34.2 Å². The number of anilines is 1. The third-order valence-electron chi connectivity index (χ3n) is 5.30. The van der Waals surface area contributed by atoms with Gasteiger partial charge in [-0.25, -0.2) is 4.68 Å². The maximum Gasteiger partial charge on any atom is 0.238 e. The van der Waals surface area contributed by atoms with Crippen LogP contribution in [-0.4, -0.2) is 47.4 Å². The molecule has 170 valence electrons. The van der Waals surface area contributed by atoms with Gasteiger partial charge in [0.15, 0.2) is 11.5 Å². The Bertz CT molecular complexity index is 1050. The number of amides is 1. The molecule has 0 atom stereocenters. The highest BCUT2D eigenvalue weighted by molar-refractivity contribution is 5.93. The summed E-state index contributed by atoms with van der Waals surface area (Å²) in [6.07, 6.45) is 0. The van der Waals surface area contributed by atoms with Crippen LogP contribution in [0.3, 0.4) is 0 Å². The molecule has 32 heavy (non-hydrogen) atoms. The van der Waals surface area contributed by atoms with Crippen molar-refractivity contribution >= 4 is 11.6 Å². The number of hydrogen-bond donors (Lipinski definition) is 1. The Morgan fingerprint density at radius 3 is 2.50 bits per heavy atom. The molecule has 7 nitrogen and oxygen atoms in total. The zero-order valence-corrected chi connectivity index (χ0v) is 19.5. The third-order valence-corrected chi connectivity index (χ3v) is 5.30. The van der Waals surface area contributed by atoms with E-state index in [1.54, 1.807) is 7.11 Å². The summed E-state index contributed by atoms with van der Waals surface area (Å²) in [7, 11) is 1.63. The van der Waals surface area contributed by atoms with E-state index in [0.29, 0.717) is 18.9 Å². The molecule has 2 aromatic carbocycles. The van der Waals surface area contributed by atoms with Gasteiger partial charge >= 0.3 is 0 Å². The quantitative estimate of drug-likeness (QED) is 0.512. The van der Waals surface area contributed by atoms with E-state index >= 15 is 0 Å². The van der Waals surface area contributed by atoms with Gasteiger partial charge < -0.3 is 14.8 Å². The normalized spacial score (nSPS) is 10.9. The van der Waals surface area contributed by atoms with Crippen LogP contribution in [0.1, 0.15) is 30.8 Å². The smallest absolute Gasteiger partial charge is 0.238 e. The fraction of sp³-hybridized carbons (Fsp3) is 0.360. The van der Waals surface area contributed by atoms with E-state index in [1.807, 2.05) is 80.9 Å². The Kier molecular flexibility index (Phi) is 7.89. The number of aryl methyl sites for hydroxylation is 1. The predicted octanol–water partition coefficient (Wildman–Crippen LogP) is 4.36. The molecule has 7 heteroatoms. The lowest BCUT2D eigenvalue weighted by Crippen LogP contribution is -2.33. The number of nitrogens with one attached hydrogen (secondary N) is 1. The number of nitrogens with zero attached hydrogens (tertiary/aromatic N) is 3. The van der Waals surface area contributed by atoms with Crippen LogP contribution in [0.5, 0.6) is 11.5 Å². The lowest BCUT2D eigenvalue weighted by Gasteiger charge is -2.21. The summed E-state index contributed by atoms with van der Waals surface area (Å²) in [6.45, 7) is 10.1. The monoisotopic (exact) mass is 436 g/mol. The predicted molar refractivity (Wildman–Crippen MR) is 127 cm³/mol. The van der Waals surface area contributed by atoms with Crippen LogP contribution in [0.2, 0.25) is 0 Å². The zero-order valence-electron chi connectivity index (χ0n) is 19.5. The van der Waals surface area contributed by atoms with Crippen molar-refractivity contribution < 1.29 is 14.3 Å². The molecule has 0 radical (unpaired) electrons. The third kappa shape index (κ3) is 5.48. The summed E-state index contributed by atoms with van der Waals surface area (Å²) in [4.78, 5) is 14.9. The van der Waals surface area contributed by atoms with Gasteiger partial charge in [-0.1, -0.05) is 31.2 Å². The Labute approximate surface area is 190 Å². The number of benzene rings is 2. The van der Waals surface area contributed by atoms with Gasteiger partial charge in [0.2, 0.25) is 5.91 Å². The molecule has 0 spiro atoms. The topological polar surface area (TPSA) is 68.6 Å². The summed E-state index contributed by atoms with van der Waals surface area (Å²) < 4.78 is 12.9. The maximum atomic E-state index is 12.9. The van der Waals surface area contributed by atoms with Crippen molar-refractivity contribution in [1.29, 1.82) is 0 Å². The second-order valence-electron chi connectivity index (χ2n) is 7.56. The zero-order chi connectivity index (χ0) is 23.1. The van der Waals surface area contributed by atoms with Crippen molar-refractivity contribution in [1.82, 2.24) is 14.7 Å². The van der Waals surface area contributed by atoms with Crippen LogP contribution >= 0.6 is 0 Å². The number of carbonyl (C=O) groups excluding carboxylic acids is 1. The molecule has 1 aromatic heterocycles. The average molecular weight is 437 g/mol.